The number of hydrogen-bond acceptors (Lipinski definition) is 1. The Bertz CT molecular complexity index is 850. The fourth-order valence-electron chi connectivity index (χ4n) is 4.75. The van der Waals surface area contributed by atoms with E-state index in [1.54, 1.807) is 12.1 Å². The first-order valence-corrected chi connectivity index (χ1v) is 14.4. The molecule has 176 valence electrons. The predicted molar refractivity (Wildman–Crippen MR) is 125 cm³/mol. The van der Waals surface area contributed by atoms with Crippen LogP contribution in [0.1, 0.15) is 51.0 Å². The van der Waals surface area contributed by atoms with Gasteiger partial charge in [-0.1, -0.05) is 75.4 Å². The minimum absolute atomic E-state index is 0.255. The van der Waals surface area contributed by atoms with Gasteiger partial charge >= 0.3 is 0 Å². The van der Waals surface area contributed by atoms with E-state index in [1.165, 1.54) is 62.4 Å². The fraction of sp³-hybridized carbons (Fsp3) is 0.538. The zero-order chi connectivity index (χ0) is 22.9. The van der Waals surface area contributed by atoms with Crippen molar-refractivity contribution in [3.63, 3.8) is 0 Å². The largest absolute Gasteiger partial charge is 0.485 e. The van der Waals surface area contributed by atoms with E-state index in [9.17, 15) is 17.6 Å². The summed E-state index contributed by atoms with van der Waals surface area (Å²) in [6.07, 6.45) is 6.04. The number of ether oxygens (including phenoxy) is 1. The highest BCUT2D eigenvalue weighted by Crippen LogP contribution is 2.32. The van der Waals surface area contributed by atoms with Gasteiger partial charge in [-0.25, -0.2) is 17.6 Å². The zero-order valence-electron chi connectivity index (χ0n) is 18.9. The molecule has 1 aliphatic rings. The van der Waals surface area contributed by atoms with Crippen molar-refractivity contribution in [1.29, 1.82) is 0 Å². The molecule has 0 N–H and O–H groups in total. The van der Waals surface area contributed by atoms with E-state index in [0.29, 0.717) is 11.1 Å². The number of unbranched alkanes of at least 4 members (excludes halogenated alkanes) is 2. The van der Waals surface area contributed by atoms with Crippen LogP contribution in [0, 0.1) is 17.6 Å². The summed E-state index contributed by atoms with van der Waals surface area (Å²) in [5.41, 5.74) is 1.62. The second kappa shape index (κ2) is 12.4. The van der Waals surface area contributed by atoms with E-state index in [1.807, 2.05) is 6.07 Å². The maximum Gasteiger partial charge on any atom is 0.272 e. The van der Waals surface area contributed by atoms with Crippen molar-refractivity contribution < 1.29 is 22.3 Å². The molecule has 6 heteroatoms. The van der Waals surface area contributed by atoms with Crippen LogP contribution in [0.3, 0.4) is 0 Å². The minimum atomic E-state index is -2.68. The second-order valence-corrected chi connectivity index (χ2v) is 12.5. The Hall–Kier alpha value is -1.82. The number of hydrogen-bond donors (Lipinski definition) is 0. The Morgan fingerprint density at radius 3 is 2.44 bits per heavy atom. The van der Waals surface area contributed by atoms with Crippen molar-refractivity contribution in [2.45, 2.75) is 76.4 Å². The van der Waals surface area contributed by atoms with Crippen LogP contribution in [-0.4, -0.2) is 21.8 Å². The van der Waals surface area contributed by atoms with Crippen molar-refractivity contribution >= 4 is 8.80 Å². The molecule has 1 nitrogen and oxygen atoms in total. The quantitative estimate of drug-likeness (QED) is 0.185. The first kappa shape index (κ1) is 24.8. The molecule has 1 heterocycles. The molecule has 1 fully saturated rings. The molecule has 32 heavy (non-hydrogen) atoms. The highest BCUT2D eigenvalue weighted by Gasteiger charge is 2.22. The Morgan fingerprint density at radius 1 is 1.00 bits per heavy atom. The number of benzene rings is 2. The van der Waals surface area contributed by atoms with Crippen LogP contribution in [0.15, 0.2) is 36.4 Å². The summed E-state index contributed by atoms with van der Waals surface area (Å²) in [6, 6.07) is 13.4. The molecule has 0 radical (unpaired) electrons. The van der Waals surface area contributed by atoms with Crippen molar-refractivity contribution in [2.75, 3.05) is 6.61 Å². The minimum Gasteiger partial charge on any atom is -0.485 e. The summed E-state index contributed by atoms with van der Waals surface area (Å²) in [5, 5.41) is 0. The lowest BCUT2D eigenvalue weighted by Crippen LogP contribution is -2.21. The van der Waals surface area contributed by atoms with Crippen molar-refractivity contribution in [1.82, 2.24) is 0 Å². The summed E-state index contributed by atoms with van der Waals surface area (Å²) in [5.74, 6) is -0.674. The molecule has 2 aromatic carbocycles. The molecule has 0 bridgehead atoms. The van der Waals surface area contributed by atoms with Crippen LogP contribution in [0.4, 0.5) is 17.6 Å². The first-order valence-electron chi connectivity index (χ1n) is 12.0. The van der Waals surface area contributed by atoms with Crippen LogP contribution < -0.4 is 4.74 Å². The van der Waals surface area contributed by atoms with Gasteiger partial charge in [0.15, 0.2) is 11.6 Å². The maximum atomic E-state index is 14.7. The molecule has 0 amide bonds. The first-order chi connectivity index (χ1) is 15.5. The molecule has 0 atom stereocenters. The topological polar surface area (TPSA) is 9.23 Å². The molecule has 0 saturated carbocycles. The molecule has 0 unspecified atom stereocenters. The molecular weight excluding hydrogens is 432 g/mol. The summed E-state index contributed by atoms with van der Waals surface area (Å²) in [4.78, 5) is 0. The van der Waals surface area contributed by atoms with E-state index in [-0.39, 0.29) is 5.75 Å². The van der Waals surface area contributed by atoms with Gasteiger partial charge in [0.2, 0.25) is 0 Å². The molecular formula is C26H34F4OSi. The van der Waals surface area contributed by atoms with Gasteiger partial charge in [0.05, 0.1) is 0 Å². The van der Waals surface area contributed by atoms with Crippen LogP contribution in [-0.2, 0) is 6.42 Å². The van der Waals surface area contributed by atoms with Gasteiger partial charge in [-0.05, 0) is 48.1 Å². The molecule has 0 aliphatic carbocycles. The van der Waals surface area contributed by atoms with Gasteiger partial charge in [-0.15, -0.1) is 0 Å². The molecule has 0 aromatic heterocycles. The predicted octanol–water partition coefficient (Wildman–Crippen LogP) is 8.04. The highest BCUT2D eigenvalue weighted by atomic mass is 28.3. The van der Waals surface area contributed by atoms with Crippen LogP contribution >= 0.6 is 0 Å². The normalized spacial score (nSPS) is 18.8. The Kier molecular flexibility index (Phi) is 9.63. The molecule has 1 aliphatic heterocycles. The zero-order valence-corrected chi connectivity index (χ0v) is 20.0. The monoisotopic (exact) mass is 466 g/mol. The Morgan fingerprint density at radius 2 is 1.78 bits per heavy atom. The summed E-state index contributed by atoms with van der Waals surface area (Å²) < 4.78 is 58.1. The maximum absolute atomic E-state index is 14.7. The van der Waals surface area contributed by atoms with E-state index in [2.05, 4.69) is 6.92 Å². The SMILES string of the molecule is CCCCC[Si@H]1CC[C@H](CCc2ccc(-c3ccc(OCC(F)F)c(F)c3)c(F)c2)CC1. The smallest absolute Gasteiger partial charge is 0.272 e. The van der Waals surface area contributed by atoms with Crippen LogP contribution in [0.5, 0.6) is 5.75 Å². The number of halogens is 4. The van der Waals surface area contributed by atoms with Gasteiger partial charge in [0.1, 0.15) is 12.4 Å². The van der Waals surface area contributed by atoms with E-state index in [0.717, 1.165) is 30.4 Å². The standard InChI is InChI=1S/C26H34F4OSi/c1-2-3-4-13-32-14-11-19(12-15-32)5-6-20-7-9-22(23(27)16-20)21-8-10-25(24(28)17-21)31-18-26(29)30/h7-10,16-17,19,26,32H,2-6,11-15,18H2,1H3/t19-,32-. The van der Waals surface area contributed by atoms with Crippen LogP contribution in [0.2, 0.25) is 18.1 Å². The third-order valence-corrected chi connectivity index (χ3v) is 10.2. The van der Waals surface area contributed by atoms with Gasteiger partial charge < -0.3 is 4.74 Å². The highest BCUT2D eigenvalue weighted by molar-refractivity contribution is 6.58. The molecule has 2 aromatic rings. The van der Waals surface area contributed by atoms with Crippen molar-refractivity contribution in [2.24, 2.45) is 5.92 Å². The number of aryl methyl sites for hydroxylation is 1. The van der Waals surface area contributed by atoms with Gasteiger partial charge in [-0.3, -0.25) is 0 Å². The van der Waals surface area contributed by atoms with E-state index >= 15 is 0 Å². The van der Waals surface area contributed by atoms with Gasteiger partial charge in [0.25, 0.3) is 6.43 Å². The lowest BCUT2D eigenvalue weighted by molar-refractivity contribution is 0.0799. The van der Waals surface area contributed by atoms with Gasteiger partial charge in [0, 0.05) is 14.4 Å². The van der Waals surface area contributed by atoms with Crippen LogP contribution in [0.25, 0.3) is 11.1 Å². The second-order valence-electron chi connectivity index (χ2n) is 9.08. The third kappa shape index (κ3) is 7.36. The molecule has 0 spiro atoms. The van der Waals surface area contributed by atoms with E-state index < -0.39 is 33.5 Å². The fourth-order valence-corrected chi connectivity index (χ4v) is 8.37. The third-order valence-electron chi connectivity index (χ3n) is 6.66. The van der Waals surface area contributed by atoms with Crippen molar-refractivity contribution in [3.8, 4) is 16.9 Å². The summed E-state index contributed by atoms with van der Waals surface area (Å²) >= 11 is 0. The lowest BCUT2D eigenvalue weighted by atomic mass is 9.93. The van der Waals surface area contributed by atoms with Gasteiger partial charge in [-0.2, -0.15) is 0 Å². The Balaban J connectivity index is 1.52. The molecule has 3 rings (SSSR count). The average Bonchev–Trinajstić information content (AvgIpc) is 2.78. The number of alkyl halides is 2. The summed E-state index contributed by atoms with van der Waals surface area (Å²) in [7, 11) is -0.499. The average molecular weight is 467 g/mol. The summed E-state index contributed by atoms with van der Waals surface area (Å²) in [6.45, 7) is 1.39. The number of rotatable bonds is 11. The molecule has 1 saturated heterocycles. The van der Waals surface area contributed by atoms with Crippen molar-refractivity contribution in [3.05, 3.63) is 53.6 Å². The lowest BCUT2D eigenvalue weighted by Gasteiger charge is -2.27. The Labute approximate surface area is 190 Å². The van der Waals surface area contributed by atoms with E-state index in [4.69, 9.17) is 4.74 Å².